The minimum Gasteiger partial charge on any atom is -0.384 e. The molecule has 2 aromatic carbocycles. The van der Waals surface area contributed by atoms with Gasteiger partial charge in [-0.3, -0.25) is 9.69 Å². The maximum Gasteiger partial charge on any atom is 0.245 e. The van der Waals surface area contributed by atoms with Gasteiger partial charge >= 0.3 is 0 Å². The third-order valence-corrected chi connectivity index (χ3v) is 8.40. The number of allylic oxidation sites excluding steroid dienone is 1. The van der Waals surface area contributed by atoms with Crippen molar-refractivity contribution in [1.82, 2.24) is 9.80 Å². The zero-order chi connectivity index (χ0) is 23.4. The van der Waals surface area contributed by atoms with Gasteiger partial charge in [0.05, 0.1) is 40.8 Å². The number of hydrogen-bond donors (Lipinski definition) is 1. The quantitative estimate of drug-likeness (QED) is 0.529. The molecule has 0 saturated carbocycles. The lowest BCUT2D eigenvalue weighted by molar-refractivity contribution is -0.126. The Morgan fingerprint density at radius 2 is 2.03 bits per heavy atom. The van der Waals surface area contributed by atoms with Crippen molar-refractivity contribution in [1.29, 1.82) is 5.26 Å². The molecule has 2 heterocycles. The van der Waals surface area contributed by atoms with E-state index in [0.717, 1.165) is 23.5 Å². The minimum absolute atomic E-state index is 0.0256. The molecule has 170 valence electrons. The fourth-order valence-electron chi connectivity index (χ4n) is 3.68. The van der Waals surface area contributed by atoms with Crippen molar-refractivity contribution in [2.75, 3.05) is 24.8 Å². The van der Waals surface area contributed by atoms with Gasteiger partial charge in [-0.25, -0.2) is 4.99 Å². The highest BCUT2D eigenvalue weighted by atomic mass is 35.5. The molecule has 0 radical (unpaired) electrons. The summed E-state index contributed by atoms with van der Waals surface area (Å²) in [4.78, 5) is 22.4. The molecule has 33 heavy (non-hydrogen) atoms. The van der Waals surface area contributed by atoms with Crippen LogP contribution in [0.25, 0.3) is 0 Å². The van der Waals surface area contributed by atoms with E-state index in [2.05, 4.69) is 16.3 Å². The summed E-state index contributed by atoms with van der Waals surface area (Å²) < 4.78 is 0. The van der Waals surface area contributed by atoms with E-state index in [-0.39, 0.29) is 16.5 Å². The Balaban J connectivity index is 1.71. The molecule has 0 aromatic heterocycles. The van der Waals surface area contributed by atoms with Crippen molar-refractivity contribution in [2.24, 2.45) is 4.99 Å². The van der Waals surface area contributed by atoms with Crippen molar-refractivity contribution in [3.63, 3.8) is 0 Å². The lowest BCUT2D eigenvalue weighted by Gasteiger charge is -2.26. The molecule has 1 N–H and O–H groups in total. The first-order valence-electron chi connectivity index (χ1n) is 10.6. The molecule has 2 aliphatic heterocycles. The number of anilines is 1. The van der Waals surface area contributed by atoms with Gasteiger partial charge in [-0.2, -0.15) is 5.26 Å². The summed E-state index contributed by atoms with van der Waals surface area (Å²) in [7, 11) is 1.98. The molecule has 2 atom stereocenters. The molecule has 0 bridgehead atoms. The number of alkyl halides is 1. The van der Waals surface area contributed by atoms with Gasteiger partial charge in [-0.15, -0.1) is 23.4 Å². The molecule has 1 saturated heterocycles. The van der Waals surface area contributed by atoms with Crippen LogP contribution in [0.4, 0.5) is 11.4 Å². The molecular formula is C24H24ClN5OS2. The Hall–Kier alpha value is -2.60. The Bertz CT molecular complexity index is 1130. The van der Waals surface area contributed by atoms with Crippen LogP contribution >= 0.6 is 35.1 Å². The van der Waals surface area contributed by atoms with E-state index in [1.54, 1.807) is 28.8 Å². The predicted octanol–water partition coefficient (Wildman–Crippen LogP) is 5.21. The smallest absolute Gasteiger partial charge is 0.245 e. The van der Waals surface area contributed by atoms with Crippen molar-refractivity contribution >= 4 is 57.6 Å². The normalized spacial score (nSPS) is 21.5. The molecule has 2 aromatic rings. The topological polar surface area (TPSA) is 71.7 Å². The summed E-state index contributed by atoms with van der Waals surface area (Å²) >= 11 is 9.17. The molecular weight excluding hydrogens is 474 g/mol. The average Bonchev–Trinajstić information content (AvgIpc) is 3.35. The Kier molecular flexibility index (Phi) is 7.53. The first kappa shape index (κ1) is 23.6. The first-order chi connectivity index (χ1) is 16.0. The van der Waals surface area contributed by atoms with Crippen LogP contribution in [0.1, 0.15) is 18.1 Å². The molecule has 1 amide bonds. The summed E-state index contributed by atoms with van der Waals surface area (Å²) in [5.41, 5.74) is 4.05. The largest absolute Gasteiger partial charge is 0.384 e. The van der Waals surface area contributed by atoms with Crippen LogP contribution in [0.15, 0.2) is 64.6 Å². The second-order valence-electron chi connectivity index (χ2n) is 7.60. The van der Waals surface area contributed by atoms with Crippen LogP contribution in [0.2, 0.25) is 0 Å². The number of halogens is 1. The van der Waals surface area contributed by atoms with Gasteiger partial charge in [0, 0.05) is 19.3 Å². The van der Waals surface area contributed by atoms with Gasteiger partial charge in [0.1, 0.15) is 5.25 Å². The second kappa shape index (κ2) is 10.6. The van der Waals surface area contributed by atoms with E-state index in [4.69, 9.17) is 16.6 Å². The molecule has 2 aliphatic rings. The zero-order valence-electron chi connectivity index (χ0n) is 18.4. The van der Waals surface area contributed by atoms with Crippen LogP contribution in [0, 0.1) is 11.3 Å². The van der Waals surface area contributed by atoms with Crippen molar-refractivity contribution in [3.05, 3.63) is 70.8 Å². The van der Waals surface area contributed by atoms with E-state index in [1.165, 1.54) is 11.8 Å². The molecule has 0 aliphatic carbocycles. The third-order valence-electron chi connectivity index (χ3n) is 5.44. The lowest BCUT2D eigenvalue weighted by Crippen LogP contribution is -2.40. The highest BCUT2D eigenvalue weighted by molar-refractivity contribution is 8.16. The molecule has 2 unspecified atom stereocenters. The van der Waals surface area contributed by atoms with Crippen LogP contribution in [-0.2, 0) is 11.3 Å². The number of hydrogen-bond acceptors (Lipinski definition) is 7. The maximum atomic E-state index is 13.6. The number of thioether (sulfide) groups is 2. The van der Waals surface area contributed by atoms with Crippen LogP contribution in [0.5, 0.6) is 0 Å². The number of benzene rings is 2. The van der Waals surface area contributed by atoms with Gasteiger partial charge in [-0.1, -0.05) is 42.1 Å². The standard InChI is InChI=1S/C24H24ClN5OS2/c1-3-27-19-10-9-17(13-26)11-20(19)28-24-30(14-16-7-5-4-6-8-16)22(31)21(33-24)23-29(2)18(12-25)15-32-23/h4-11,15,21,23,27H,3,12,14H2,1-2H3. The van der Waals surface area contributed by atoms with Gasteiger partial charge in [0.25, 0.3) is 0 Å². The second-order valence-corrected chi connectivity index (χ2v) is 9.96. The maximum absolute atomic E-state index is 13.6. The highest BCUT2D eigenvalue weighted by Gasteiger charge is 2.46. The summed E-state index contributed by atoms with van der Waals surface area (Å²) in [6.07, 6.45) is 0. The van der Waals surface area contributed by atoms with E-state index in [1.807, 2.05) is 55.8 Å². The van der Waals surface area contributed by atoms with E-state index >= 15 is 0 Å². The number of rotatable bonds is 7. The average molecular weight is 498 g/mol. The van der Waals surface area contributed by atoms with Gasteiger partial charge in [0.15, 0.2) is 5.17 Å². The number of nitriles is 1. The Labute approximate surface area is 207 Å². The number of carbonyl (C=O) groups excluding carboxylic acids is 1. The van der Waals surface area contributed by atoms with E-state index < -0.39 is 0 Å². The van der Waals surface area contributed by atoms with Crippen LogP contribution in [-0.4, -0.2) is 51.0 Å². The fourth-order valence-corrected chi connectivity index (χ4v) is 6.70. The predicted molar refractivity (Wildman–Crippen MR) is 139 cm³/mol. The SMILES string of the molecule is CCNc1ccc(C#N)cc1N=C1SC(C2SC=C(CCl)N2C)C(=O)N1Cc1ccccc1. The number of nitrogens with zero attached hydrogens (tertiary/aromatic N) is 4. The minimum atomic E-state index is -0.318. The number of amidine groups is 1. The van der Waals surface area contributed by atoms with E-state index in [0.29, 0.717) is 28.8 Å². The number of carbonyl (C=O) groups is 1. The number of nitrogens with one attached hydrogen (secondary N) is 1. The Morgan fingerprint density at radius 1 is 1.24 bits per heavy atom. The number of amides is 1. The highest BCUT2D eigenvalue weighted by Crippen LogP contribution is 2.42. The van der Waals surface area contributed by atoms with Crippen LogP contribution < -0.4 is 5.32 Å². The van der Waals surface area contributed by atoms with Crippen molar-refractivity contribution < 1.29 is 4.79 Å². The van der Waals surface area contributed by atoms with Crippen molar-refractivity contribution in [3.8, 4) is 6.07 Å². The molecule has 0 spiro atoms. The molecule has 6 nitrogen and oxygen atoms in total. The van der Waals surface area contributed by atoms with Crippen molar-refractivity contribution in [2.45, 2.75) is 24.1 Å². The summed E-state index contributed by atoms with van der Waals surface area (Å²) in [6.45, 7) is 3.17. The molecule has 4 rings (SSSR count). The lowest BCUT2D eigenvalue weighted by atomic mass is 10.2. The zero-order valence-corrected chi connectivity index (χ0v) is 20.8. The first-order valence-corrected chi connectivity index (χ1v) is 12.9. The summed E-state index contributed by atoms with van der Waals surface area (Å²) in [5.74, 6) is 0.436. The van der Waals surface area contributed by atoms with Gasteiger partial charge in [-0.05, 0) is 36.1 Å². The Morgan fingerprint density at radius 3 is 2.70 bits per heavy atom. The molecule has 9 heteroatoms. The molecule has 1 fully saturated rings. The third kappa shape index (κ3) is 5.01. The number of aliphatic imine (C=N–C) groups is 1. The van der Waals surface area contributed by atoms with Gasteiger partial charge < -0.3 is 10.2 Å². The summed E-state index contributed by atoms with van der Waals surface area (Å²) in [5, 5.41) is 15.0. The summed E-state index contributed by atoms with van der Waals surface area (Å²) in [6, 6.07) is 17.5. The van der Waals surface area contributed by atoms with Crippen LogP contribution in [0.3, 0.4) is 0 Å². The van der Waals surface area contributed by atoms with Gasteiger partial charge in [0.2, 0.25) is 5.91 Å². The monoisotopic (exact) mass is 497 g/mol. The van der Waals surface area contributed by atoms with E-state index in [9.17, 15) is 10.1 Å². The fraction of sp³-hybridized carbons (Fsp3) is 0.292.